The molecule has 0 spiro atoms. The van der Waals surface area contributed by atoms with Crippen LogP contribution in [0, 0.1) is 31.6 Å². The number of fused-ring (bicyclic) bond motifs is 8. The van der Waals surface area contributed by atoms with Crippen molar-refractivity contribution in [2.75, 3.05) is 13.7 Å². The van der Waals surface area contributed by atoms with Gasteiger partial charge >= 0.3 is 29.0 Å². The van der Waals surface area contributed by atoms with Gasteiger partial charge in [0.1, 0.15) is 12.7 Å². The van der Waals surface area contributed by atoms with Crippen LogP contribution in [-0.4, -0.2) is 57.8 Å². The Morgan fingerprint density at radius 1 is 0.877 bits per heavy atom. The first-order valence-corrected chi connectivity index (χ1v) is 23.7. The van der Waals surface area contributed by atoms with E-state index in [9.17, 15) is 15.0 Å². The Labute approximate surface area is 404 Å². The molecule has 8 bridgehead atoms. The minimum Gasteiger partial charge on any atom is -0.657 e. The van der Waals surface area contributed by atoms with Gasteiger partial charge in [-0.05, 0) is 100 Å². The van der Waals surface area contributed by atoms with Gasteiger partial charge in [0.25, 0.3) is 0 Å². The van der Waals surface area contributed by atoms with E-state index in [0.717, 1.165) is 74.9 Å². The molecule has 3 aliphatic rings. The fourth-order valence-corrected chi connectivity index (χ4v) is 9.85. The summed E-state index contributed by atoms with van der Waals surface area (Å²) >= 11 is 0. The van der Waals surface area contributed by atoms with Crippen molar-refractivity contribution in [1.82, 2.24) is 19.9 Å². The molecule has 0 amide bonds. The van der Waals surface area contributed by atoms with Crippen LogP contribution < -0.4 is 15.1 Å². The number of aliphatic hydroxyl groups is 1. The molecule has 3 aromatic heterocycles. The molecular formula is C55H71MgN4O5-. The van der Waals surface area contributed by atoms with Gasteiger partial charge in [-0.25, -0.2) is 4.98 Å². The van der Waals surface area contributed by atoms with Gasteiger partial charge in [-0.15, -0.1) is 22.1 Å². The van der Waals surface area contributed by atoms with Gasteiger partial charge in [0.2, 0.25) is 0 Å². The Hall–Kier alpha value is -4.38. The maximum atomic E-state index is 13.6. The largest absolute Gasteiger partial charge is 2.00 e. The summed E-state index contributed by atoms with van der Waals surface area (Å²) < 4.78 is 11.1. The van der Waals surface area contributed by atoms with Crippen LogP contribution in [0.25, 0.3) is 44.9 Å². The van der Waals surface area contributed by atoms with Gasteiger partial charge in [0.15, 0.2) is 0 Å². The van der Waals surface area contributed by atoms with E-state index in [0.29, 0.717) is 45.9 Å². The first-order chi connectivity index (χ1) is 30.6. The molecule has 1 aliphatic carbocycles. The van der Waals surface area contributed by atoms with E-state index in [1.54, 1.807) is 6.08 Å². The molecule has 0 aromatic carbocycles. The van der Waals surface area contributed by atoms with Crippen molar-refractivity contribution >= 4 is 73.9 Å². The molecule has 6 rings (SSSR count). The van der Waals surface area contributed by atoms with Crippen LogP contribution in [0.3, 0.4) is 0 Å². The SMILES string of the molecule is C=CC1=C(C)c2cc3[n-]c(cc4nc(c5c6[n-]c(cc1n2)c(C)c6C(O)/C5=C(/[O-])OC)[C@@H](CCC(=O)OC/C=C(\C)CCC[C@H](C)CCC[C@H](C)CCCC(C)C)[C@@H]4C)c(C)c3C=C.[Mg+2]. The van der Waals surface area contributed by atoms with Gasteiger partial charge in [-0.3, -0.25) is 9.78 Å². The average molecular weight is 893 g/mol. The molecule has 65 heavy (non-hydrogen) atoms. The van der Waals surface area contributed by atoms with Crippen molar-refractivity contribution in [2.45, 2.75) is 151 Å². The van der Waals surface area contributed by atoms with Gasteiger partial charge < -0.3 is 29.7 Å². The molecule has 5 atom stereocenters. The number of esters is 1. The van der Waals surface area contributed by atoms with Crippen molar-refractivity contribution in [1.29, 1.82) is 0 Å². The second-order valence-corrected chi connectivity index (χ2v) is 19.2. The van der Waals surface area contributed by atoms with Crippen LogP contribution in [0.4, 0.5) is 0 Å². The fourth-order valence-electron chi connectivity index (χ4n) is 9.85. The first kappa shape index (κ1) is 51.6. The summed E-state index contributed by atoms with van der Waals surface area (Å²) in [6.07, 6.45) is 16.2. The Morgan fingerprint density at radius 2 is 1.52 bits per heavy atom. The summed E-state index contributed by atoms with van der Waals surface area (Å²) in [5.74, 6) is 0.880. The number of aromatic nitrogens is 4. The molecule has 9 nitrogen and oxygen atoms in total. The first-order valence-electron chi connectivity index (χ1n) is 23.7. The molecule has 0 fully saturated rings. The third-order valence-corrected chi connectivity index (χ3v) is 14.0. The second-order valence-electron chi connectivity index (χ2n) is 19.2. The zero-order valence-electron chi connectivity index (χ0n) is 40.9. The van der Waals surface area contributed by atoms with E-state index in [-0.39, 0.29) is 59.5 Å². The summed E-state index contributed by atoms with van der Waals surface area (Å²) in [4.78, 5) is 33.8. The van der Waals surface area contributed by atoms with E-state index in [4.69, 9.17) is 29.4 Å². The number of methoxy groups -OCH3 is 1. The predicted octanol–water partition coefficient (Wildman–Crippen LogP) is 11.9. The standard InChI is InChI=1S/C55H72N4O5.Mg/c1-13-39-35(8)42-28-44-37(10)41(24-25-48(60)64-27-26-34(7)23-17-22-33(6)21-16-20-32(5)19-15-18-31(3)4)52(58-44)50-51(55(62)63-12)54(61)49-38(11)45(59-53(49)50)30-47-40(14-2)36(9)43(57-47)29-46(39)56-42;/h13-14,26,28-33,37,41,54,61H,1-2,15-25,27H2,3-12H3,(H-2,56,57,58,59,62);/q-2;+2/p-1/b34-26+;/t32-,33-,37+,41+,54?;/m1./s1. The number of nitrogens with zero attached hydrogens (tertiary/aromatic N) is 4. The van der Waals surface area contributed by atoms with E-state index >= 15 is 0 Å². The van der Waals surface area contributed by atoms with Crippen LogP contribution >= 0.6 is 0 Å². The van der Waals surface area contributed by atoms with Crippen LogP contribution in [0.1, 0.15) is 188 Å². The molecule has 344 valence electrons. The topological polar surface area (TPSA) is 133 Å². The molecule has 3 aromatic rings. The summed E-state index contributed by atoms with van der Waals surface area (Å²) in [5.41, 5.74) is 12.1. The van der Waals surface area contributed by atoms with E-state index in [2.05, 4.69) is 54.7 Å². The number of allylic oxidation sites excluding steroid dienone is 4. The molecule has 0 saturated heterocycles. The second kappa shape index (κ2) is 22.9. The van der Waals surface area contributed by atoms with E-state index < -0.39 is 12.0 Å². The zero-order valence-corrected chi connectivity index (χ0v) is 42.3. The van der Waals surface area contributed by atoms with Crippen LogP contribution in [-0.2, 0) is 14.3 Å². The normalized spacial score (nSPS) is 18.7. The smallest absolute Gasteiger partial charge is 0.657 e. The number of hydrogen-bond acceptors (Lipinski definition) is 7. The molecule has 2 aliphatic heterocycles. The maximum absolute atomic E-state index is 13.6. The quantitative estimate of drug-likeness (QED) is 0.0509. The Morgan fingerprint density at radius 3 is 2.17 bits per heavy atom. The summed E-state index contributed by atoms with van der Waals surface area (Å²) in [7, 11) is 1.31. The monoisotopic (exact) mass is 892 g/mol. The van der Waals surface area contributed by atoms with Crippen molar-refractivity contribution in [3.8, 4) is 0 Å². The molecule has 0 saturated carbocycles. The number of aryl methyl sites for hydroxylation is 2. The number of carbonyl (C=O) groups excluding carboxylic acids is 1. The number of aliphatic hydroxyl groups excluding tert-OH is 1. The number of rotatable bonds is 20. The molecule has 10 heteroatoms. The van der Waals surface area contributed by atoms with Gasteiger partial charge in [0.05, 0.1) is 23.0 Å². The molecular weight excluding hydrogens is 821 g/mol. The molecule has 5 heterocycles. The third kappa shape index (κ3) is 11.6. The Kier molecular flexibility index (Phi) is 18.2. The van der Waals surface area contributed by atoms with Crippen molar-refractivity contribution < 1.29 is 24.5 Å². The molecule has 1 N–H and O–H groups in total. The van der Waals surface area contributed by atoms with Gasteiger partial charge in [0, 0.05) is 35.1 Å². The number of ether oxygens (including phenoxy) is 2. The minimum atomic E-state index is -1.28. The van der Waals surface area contributed by atoms with Crippen LogP contribution in [0.15, 0.2) is 55.0 Å². The van der Waals surface area contributed by atoms with Crippen molar-refractivity contribution in [2.24, 2.45) is 17.8 Å². The predicted molar refractivity (Wildman–Crippen MR) is 266 cm³/mol. The van der Waals surface area contributed by atoms with Crippen molar-refractivity contribution in [3.63, 3.8) is 0 Å². The summed E-state index contributed by atoms with van der Waals surface area (Å²) in [6, 6.07) is 5.87. The van der Waals surface area contributed by atoms with E-state index in [1.807, 2.05) is 51.1 Å². The third-order valence-electron chi connectivity index (χ3n) is 14.0. The Bertz CT molecular complexity index is 2500. The van der Waals surface area contributed by atoms with Crippen LogP contribution in [0.2, 0.25) is 0 Å². The summed E-state index contributed by atoms with van der Waals surface area (Å²) in [6.45, 7) is 27.9. The average Bonchev–Trinajstić information content (AvgIpc) is 3.99. The number of hydrogen-bond donors (Lipinski definition) is 1. The van der Waals surface area contributed by atoms with Gasteiger partial charge in [-0.1, -0.05) is 140 Å². The van der Waals surface area contributed by atoms with Crippen molar-refractivity contribution in [3.05, 3.63) is 106 Å². The Balaban J connectivity index is 0.00000793. The zero-order chi connectivity index (χ0) is 46.4. The molecule has 0 radical (unpaired) electrons. The van der Waals surface area contributed by atoms with E-state index in [1.165, 1.54) is 57.6 Å². The fraction of sp³-hybridized carbons (Fsp3) is 0.509. The molecule has 1 unspecified atom stereocenters. The van der Waals surface area contributed by atoms with Crippen LogP contribution in [0.5, 0.6) is 0 Å². The maximum Gasteiger partial charge on any atom is 2.00 e. The van der Waals surface area contributed by atoms with Gasteiger partial charge in [-0.2, -0.15) is 0 Å². The minimum absolute atomic E-state index is 0. The summed E-state index contributed by atoms with van der Waals surface area (Å²) in [5, 5.41) is 25.5. The number of carbonyl (C=O) groups is 1.